The fourth-order valence-electron chi connectivity index (χ4n) is 3.17. The maximum Gasteiger partial charge on any atom is 0.186 e. The summed E-state index contributed by atoms with van der Waals surface area (Å²) < 4.78 is 6.91. The van der Waals surface area contributed by atoms with Crippen LogP contribution in [0.4, 0.5) is 5.13 Å². The lowest BCUT2D eigenvalue weighted by Crippen LogP contribution is -2.45. The predicted octanol–water partition coefficient (Wildman–Crippen LogP) is 3.41. The summed E-state index contributed by atoms with van der Waals surface area (Å²) in [6.07, 6.45) is 3.78. The van der Waals surface area contributed by atoms with Crippen molar-refractivity contribution in [3.05, 3.63) is 48.3 Å². The average molecular weight is 354 g/mol. The van der Waals surface area contributed by atoms with Crippen LogP contribution >= 0.6 is 11.3 Å². The van der Waals surface area contributed by atoms with Crippen molar-refractivity contribution in [3.63, 3.8) is 0 Å². The topological polar surface area (TPSA) is 41.5 Å². The zero-order valence-corrected chi connectivity index (χ0v) is 15.2. The van der Waals surface area contributed by atoms with Gasteiger partial charge in [0.05, 0.1) is 11.3 Å². The van der Waals surface area contributed by atoms with Crippen molar-refractivity contribution in [1.82, 2.24) is 14.9 Å². The second-order valence-corrected chi connectivity index (χ2v) is 7.17. The molecule has 0 unspecified atom stereocenters. The lowest BCUT2D eigenvalue weighted by atomic mass is 10.2. The Hall–Kier alpha value is -2.18. The van der Waals surface area contributed by atoms with Crippen molar-refractivity contribution < 1.29 is 4.74 Å². The molecule has 1 aromatic carbocycles. The normalized spacial score (nSPS) is 15.6. The van der Waals surface area contributed by atoms with E-state index in [2.05, 4.69) is 26.9 Å². The molecule has 0 N–H and O–H groups in total. The van der Waals surface area contributed by atoms with Gasteiger partial charge in [-0.15, -0.1) is 0 Å². The van der Waals surface area contributed by atoms with E-state index in [-0.39, 0.29) is 0 Å². The van der Waals surface area contributed by atoms with E-state index in [0.29, 0.717) is 6.61 Å². The van der Waals surface area contributed by atoms with E-state index in [0.717, 1.165) is 49.1 Å². The molecule has 0 bridgehead atoms. The maximum absolute atomic E-state index is 5.71. The first-order valence-electron chi connectivity index (χ1n) is 8.72. The van der Waals surface area contributed by atoms with Gasteiger partial charge in [0.15, 0.2) is 5.13 Å². The molecule has 3 aromatic rings. The molecule has 6 heteroatoms. The summed E-state index contributed by atoms with van der Waals surface area (Å²) in [5.74, 6) is 0.887. The fraction of sp³-hybridized carbons (Fsp3) is 0.368. The van der Waals surface area contributed by atoms with E-state index in [1.54, 1.807) is 11.3 Å². The molecule has 1 saturated heterocycles. The highest BCUT2D eigenvalue weighted by atomic mass is 32.1. The zero-order chi connectivity index (χ0) is 17.1. The molecule has 0 atom stereocenters. The number of thiazole rings is 1. The molecular weight excluding hydrogens is 332 g/mol. The zero-order valence-electron chi connectivity index (χ0n) is 14.4. The average Bonchev–Trinajstić information content (AvgIpc) is 3.09. The van der Waals surface area contributed by atoms with E-state index in [4.69, 9.17) is 9.72 Å². The smallest absolute Gasteiger partial charge is 0.186 e. The third-order valence-electron chi connectivity index (χ3n) is 4.44. The maximum atomic E-state index is 5.71. The van der Waals surface area contributed by atoms with Crippen LogP contribution in [0.1, 0.15) is 12.5 Å². The van der Waals surface area contributed by atoms with Crippen LogP contribution in [0.25, 0.3) is 10.2 Å². The molecule has 0 aliphatic carbocycles. The number of ether oxygens (including phenoxy) is 1. The number of para-hydroxylation sites is 1. The van der Waals surface area contributed by atoms with Gasteiger partial charge in [-0.05, 0) is 30.7 Å². The quantitative estimate of drug-likeness (QED) is 0.702. The Balaban J connectivity index is 1.44. The Kier molecular flexibility index (Phi) is 4.81. The van der Waals surface area contributed by atoms with Crippen LogP contribution in [-0.4, -0.2) is 47.7 Å². The minimum Gasteiger partial charge on any atom is -0.492 e. The number of nitrogens with zero attached hydrogens (tertiary/aromatic N) is 4. The van der Waals surface area contributed by atoms with Gasteiger partial charge in [-0.1, -0.05) is 23.5 Å². The minimum atomic E-state index is 0.666. The van der Waals surface area contributed by atoms with Crippen molar-refractivity contribution >= 4 is 26.7 Å². The summed E-state index contributed by atoms with van der Waals surface area (Å²) in [7, 11) is 0. The Bertz CT molecular complexity index is 828. The van der Waals surface area contributed by atoms with Gasteiger partial charge in [-0.25, -0.2) is 4.98 Å². The number of pyridine rings is 1. The Morgan fingerprint density at radius 2 is 2.00 bits per heavy atom. The van der Waals surface area contributed by atoms with E-state index >= 15 is 0 Å². The van der Waals surface area contributed by atoms with Gasteiger partial charge in [0.1, 0.15) is 11.3 Å². The van der Waals surface area contributed by atoms with Crippen LogP contribution in [0.15, 0.2) is 42.7 Å². The number of hydrogen-bond donors (Lipinski definition) is 0. The second-order valence-electron chi connectivity index (χ2n) is 6.16. The lowest BCUT2D eigenvalue weighted by Gasteiger charge is -2.34. The van der Waals surface area contributed by atoms with Crippen LogP contribution in [0.5, 0.6) is 5.75 Å². The molecule has 1 fully saturated rings. The molecule has 3 heterocycles. The molecule has 0 radical (unpaired) electrons. The summed E-state index contributed by atoms with van der Waals surface area (Å²) in [6.45, 7) is 7.74. The van der Waals surface area contributed by atoms with Crippen molar-refractivity contribution in [2.24, 2.45) is 0 Å². The Labute approximate surface area is 151 Å². The van der Waals surface area contributed by atoms with Crippen LogP contribution in [-0.2, 0) is 6.54 Å². The molecule has 1 aliphatic rings. The summed E-state index contributed by atoms with van der Waals surface area (Å²) in [4.78, 5) is 13.9. The van der Waals surface area contributed by atoms with E-state index < -0.39 is 0 Å². The molecule has 25 heavy (non-hydrogen) atoms. The third-order valence-corrected chi connectivity index (χ3v) is 5.52. The Morgan fingerprint density at radius 3 is 2.76 bits per heavy atom. The van der Waals surface area contributed by atoms with Crippen LogP contribution in [0.2, 0.25) is 0 Å². The van der Waals surface area contributed by atoms with Gasteiger partial charge in [-0.2, -0.15) is 0 Å². The Morgan fingerprint density at radius 1 is 1.12 bits per heavy atom. The largest absolute Gasteiger partial charge is 0.492 e. The first kappa shape index (κ1) is 16.3. The molecular formula is C19H22N4OS. The standard InChI is InChI=1S/C19H22N4OS/c1-2-24-16-6-3-7-17-18(16)21-19(25-17)23-11-9-22(10-12-23)14-15-5-4-8-20-13-15/h3-8,13H,2,9-12,14H2,1H3. The molecule has 5 nitrogen and oxygen atoms in total. The molecule has 2 aromatic heterocycles. The highest BCUT2D eigenvalue weighted by Gasteiger charge is 2.20. The van der Waals surface area contributed by atoms with Gasteiger partial charge >= 0.3 is 0 Å². The van der Waals surface area contributed by atoms with Gasteiger partial charge in [-0.3, -0.25) is 9.88 Å². The molecule has 0 saturated carbocycles. The number of aromatic nitrogens is 2. The lowest BCUT2D eigenvalue weighted by molar-refractivity contribution is 0.249. The fourth-order valence-corrected chi connectivity index (χ4v) is 4.20. The summed E-state index contributed by atoms with van der Waals surface area (Å²) in [5.41, 5.74) is 2.26. The van der Waals surface area contributed by atoms with E-state index in [9.17, 15) is 0 Å². The molecule has 130 valence electrons. The highest BCUT2D eigenvalue weighted by molar-refractivity contribution is 7.22. The number of rotatable bonds is 5. The third kappa shape index (κ3) is 3.60. The van der Waals surface area contributed by atoms with Crippen LogP contribution < -0.4 is 9.64 Å². The van der Waals surface area contributed by atoms with Crippen LogP contribution in [0, 0.1) is 0 Å². The summed E-state index contributed by atoms with van der Waals surface area (Å²) >= 11 is 1.76. The van der Waals surface area contributed by atoms with Gasteiger partial charge in [0, 0.05) is 45.1 Å². The number of anilines is 1. The van der Waals surface area contributed by atoms with Gasteiger partial charge < -0.3 is 9.64 Å². The second kappa shape index (κ2) is 7.37. The monoisotopic (exact) mass is 354 g/mol. The summed E-state index contributed by atoms with van der Waals surface area (Å²) in [5, 5.41) is 1.10. The minimum absolute atomic E-state index is 0.666. The van der Waals surface area contributed by atoms with E-state index in [1.807, 2.05) is 37.5 Å². The number of hydrogen-bond acceptors (Lipinski definition) is 6. The first-order valence-corrected chi connectivity index (χ1v) is 9.53. The highest BCUT2D eigenvalue weighted by Crippen LogP contribution is 2.34. The van der Waals surface area contributed by atoms with Gasteiger partial charge in [0.25, 0.3) is 0 Å². The predicted molar refractivity (Wildman–Crippen MR) is 103 cm³/mol. The molecule has 0 spiro atoms. The molecule has 1 aliphatic heterocycles. The van der Waals surface area contributed by atoms with E-state index in [1.165, 1.54) is 10.3 Å². The molecule has 0 amide bonds. The number of fused-ring (bicyclic) bond motifs is 1. The van der Waals surface area contributed by atoms with Crippen LogP contribution in [0.3, 0.4) is 0 Å². The van der Waals surface area contributed by atoms with Gasteiger partial charge in [0.2, 0.25) is 0 Å². The number of benzene rings is 1. The summed E-state index contributed by atoms with van der Waals surface area (Å²) in [6, 6.07) is 10.3. The van der Waals surface area contributed by atoms with Crippen molar-refractivity contribution in [3.8, 4) is 5.75 Å². The van der Waals surface area contributed by atoms with Crippen molar-refractivity contribution in [2.75, 3.05) is 37.7 Å². The SMILES string of the molecule is CCOc1cccc2sc(N3CCN(Cc4cccnc4)CC3)nc12. The molecule has 4 rings (SSSR count). The van der Waals surface area contributed by atoms with Crippen molar-refractivity contribution in [1.29, 1.82) is 0 Å². The first-order chi connectivity index (χ1) is 12.3. The number of piperazine rings is 1. The van der Waals surface area contributed by atoms with Crippen molar-refractivity contribution in [2.45, 2.75) is 13.5 Å².